The van der Waals surface area contributed by atoms with Crippen molar-refractivity contribution in [2.45, 2.75) is 18.3 Å². The molecule has 2 N–H and O–H groups in total. The molecule has 17 heteroatoms. The van der Waals surface area contributed by atoms with E-state index in [9.17, 15) is 44.7 Å². The van der Waals surface area contributed by atoms with Gasteiger partial charge >= 0.3 is 18.3 Å². The van der Waals surface area contributed by atoms with E-state index < -0.39 is 47.0 Å². The predicted molar refractivity (Wildman–Crippen MR) is 122 cm³/mol. The van der Waals surface area contributed by atoms with Crippen LogP contribution in [-0.2, 0) is 19.1 Å². The topological polar surface area (TPSA) is 76.0 Å². The van der Waals surface area contributed by atoms with E-state index in [1.54, 1.807) is 0 Å². The van der Waals surface area contributed by atoms with E-state index in [2.05, 4.69) is 10.4 Å². The zero-order chi connectivity index (χ0) is 28.8. The Morgan fingerprint density at radius 3 is 1.84 bits per heavy atom. The molecule has 0 radical (unpaired) electrons. The monoisotopic (exact) mass is 608 g/mol. The molecule has 0 fully saturated rings. The van der Waals surface area contributed by atoms with Crippen LogP contribution < -0.4 is 10.6 Å². The molecule has 0 unspecified atom stereocenters. The summed E-state index contributed by atoms with van der Waals surface area (Å²) in [6, 6.07) is 7.13. The molecule has 3 aromatic rings. The lowest BCUT2D eigenvalue weighted by molar-refractivity contribution is -0.292. The Balaban J connectivity index is 1.98. The Labute approximate surface area is 222 Å². The highest BCUT2D eigenvalue weighted by Gasteiger charge is 2.64. The van der Waals surface area contributed by atoms with E-state index in [1.807, 2.05) is 5.32 Å². The van der Waals surface area contributed by atoms with Crippen LogP contribution in [0.5, 0.6) is 0 Å². The maximum atomic E-state index is 13.8. The Morgan fingerprint density at radius 2 is 1.32 bits per heavy atom. The highest BCUT2D eigenvalue weighted by atomic mass is 35.5. The van der Waals surface area contributed by atoms with Gasteiger partial charge in [0.25, 0.3) is 11.8 Å². The Bertz CT molecular complexity index is 1420. The van der Waals surface area contributed by atoms with E-state index in [0.29, 0.717) is 7.05 Å². The van der Waals surface area contributed by atoms with Gasteiger partial charge in [0.05, 0.1) is 20.6 Å². The highest BCUT2D eigenvalue weighted by Crippen LogP contribution is 2.48. The van der Waals surface area contributed by atoms with Crippen LogP contribution in [0.25, 0.3) is 0 Å². The number of nitrogens with zero attached hydrogens (tertiary/aromatic N) is 2. The van der Waals surface area contributed by atoms with Gasteiger partial charge in [-0.25, -0.2) is 0 Å². The van der Waals surface area contributed by atoms with Crippen LogP contribution in [0, 0.1) is 0 Å². The lowest BCUT2D eigenvalue weighted by atomic mass is 10.1. The SMILES string of the molecule is Cn1nc(C(F)(F)C(F)(F)F)c(C(F)(F)F)c1C(=O)Nc1ccc(Cl)c(C(=O)Nc2ccc(Cl)c(Cl)c2)c1. The van der Waals surface area contributed by atoms with E-state index in [-0.39, 0.29) is 36.7 Å². The fraction of sp³-hybridized carbons (Fsp3) is 0.190. The second kappa shape index (κ2) is 10.2. The number of halogens is 11. The van der Waals surface area contributed by atoms with Gasteiger partial charge in [0, 0.05) is 18.4 Å². The van der Waals surface area contributed by atoms with Gasteiger partial charge in [0.1, 0.15) is 11.3 Å². The third-order valence-electron chi connectivity index (χ3n) is 4.85. The molecule has 2 amide bonds. The summed E-state index contributed by atoms with van der Waals surface area (Å²) < 4.78 is 107. The molecule has 0 aliphatic carbocycles. The molecule has 0 spiro atoms. The molecule has 0 atom stereocenters. The largest absolute Gasteiger partial charge is 0.459 e. The molecule has 0 saturated carbocycles. The molecule has 1 aromatic heterocycles. The quantitative estimate of drug-likeness (QED) is 0.293. The van der Waals surface area contributed by atoms with Gasteiger partial charge in [0.15, 0.2) is 5.69 Å². The average molecular weight is 610 g/mol. The lowest BCUT2D eigenvalue weighted by Crippen LogP contribution is -2.36. The average Bonchev–Trinajstić information content (AvgIpc) is 3.15. The van der Waals surface area contributed by atoms with Crippen LogP contribution in [0.15, 0.2) is 36.4 Å². The summed E-state index contributed by atoms with van der Waals surface area (Å²) in [6.45, 7) is 0. The molecule has 0 aliphatic heterocycles. The number of carbonyl (C=O) groups is 2. The summed E-state index contributed by atoms with van der Waals surface area (Å²) in [7, 11) is 0.581. The van der Waals surface area contributed by atoms with Gasteiger partial charge in [0.2, 0.25) is 0 Å². The van der Waals surface area contributed by atoms with Crippen molar-refractivity contribution in [2.24, 2.45) is 7.05 Å². The second-order valence-electron chi connectivity index (χ2n) is 7.50. The molecule has 0 saturated heterocycles. The first-order valence-corrected chi connectivity index (χ1v) is 10.9. The van der Waals surface area contributed by atoms with E-state index in [0.717, 1.165) is 18.2 Å². The minimum absolute atomic E-state index is 0.0546. The molecule has 0 bridgehead atoms. The summed E-state index contributed by atoms with van der Waals surface area (Å²) in [5.74, 6) is -8.62. The molecular formula is C21H11Cl3F8N4O2. The molecule has 204 valence electrons. The number of alkyl halides is 8. The van der Waals surface area contributed by atoms with E-state index in [4.69, 9.17) is 34.8 Å². The fourth-order valence-electron chi connectivity index (χ4n) is 3.15. The second-order valence-corrected chi connectivity index (χ2v) is 8.72. The number of aryl methyl sites for hydroxylation is 1. The van der Waals surface area contributed by atoms with Crippen molar-refractivity contribution in [3.05, 3.63) is 74.0 Å². The summed E-state index contributed by atoms with van der Waals surface area (Å²) >= 11 is 17.7. The number of carbonyl (C=O) groups excluding carboxylic acids is 2. The van der Waals surface area contributed by atoms with Crippen molar-refractivity contribution in [2.75, 3.05) is 10.6 Å². The summed E-state index contributed by atoms with van der Waals surface area (Å²) in [4.78, 5) is 25.3. The molecule has 0 aliphatic rings. The van der Waals surface area contributed by atoms with Crippen LogP contribution >= 0.6 is 34.8 Å². The minimum atomic E-state index is -6.43. The minimum Gasteiger partial charge on any atom is -0.322 e. The third kappa shape index (κ3) is 5.81. The predicted octanol–water partition coefficient (Wildman–Crippen LogP) is 7.56. The molecule has 38 heavy (non-hydrogen) atoms. The molecular weight excluding hydrogens is 599 g/mol. The van der Waals surface area contributed by atoms with Crippen molar-refractivity contribution in [1.29, 1.82) is 0 Å². The molecule has 1 heterocycles. The van der Waals surface area contributed by atoms with Crippen LogP contribution in [0.2, 0.25) is 15.1 Å². The molecule has 3 rings (SSSR count). The number of benzene rings is 2. The van der Waals surface area contributed by atoms with Gasteiger partial charge < -0.3 is 10.6 Å². The standard InChI is InChI=1S/C21H11Cl3F8N4O2/c1-36-15(14(20(27,28)29)16(35-36)19(25,26)21(30,31)32)18(38)34-8-2-4-11(22)10(6-8)17(37)33-9-3-5-12(23)13(24)7-9/h2-7H,1H3,(H,33,37)(H,34,38). The summed E-state index contributed by atoms with van der Waals surface area (Å²) in [6.07, 6.45) is -12.3. The zero-order valence-corrected chi connectivity index (χ0v) is 20.6. The smallest absolute Gasteiger partial charge is 0.322 e. The molecule has 6 nitrogen and oxygen atoms in total. The molecule has 2 aromatic carbocycles. The van der Waals surface area contributed by atoms with Crippen LogP contribution in [-0.4, -0.2) is 27.8 Å². The maximum Gasteiger partial charge on any atom is 0.459 e. The number of amides is 2. The van der Waals surface area contributed by atoms with Crippen molar-refractivity contribution in [3.63, 3.8) is 0 Å². The highest BCUT2D eigenvalue weighted by molar-refractivity contribution is 6.42. The Kier molecular flexibility index (Phi) is 7.93. The first-order chi connectivity index (χ1) is 17.3. The van der Waals surface area contributed by atoms with E-state index >= 15 is 0 Å². The fourth-order valence-corrected chi connectivity index (χ4v) is 3.65. The van der Waals surface area contributed by atoms with Crippen LogP contribution in [0.1, 0.15) is 32.1 Å². The van der Waals surface area contributed by atoms with Crippen molar-refractivity contribution < 1.29 is 44.7 Å². The number of anilines is 2. The zero-order valence-electron chi connectivity index (χ0n) is 18.3. The number of rotatable bonds is 5. The van der Waals surface area contributed by atoms with Gasteiger partial charge in [-0.05, 0) is 36.4 Å². The Morgan fingerprint density at radius 1 is 0.789 bits per heavy atom. The van der Waals surface area contributed by atoms with Crippen LogP contribution in [0.3, 0.4) is 0 Å². The number of aromatic nitrogens is 2. The third-order valence-corrected chi connectivity index (χ3v) is 5.91. The number of nitrogens with one attached hydrogen (secondary N) is 2. The Hall–Kier alpha value is -3.10. The van der Waals surface area contributed by atoms with Crippen molar-refractivity contribution in [1.82, 2.24) is 9.78 Å². The summed E-state index contributed by atoms with van der Waals surface area (Å²) in [5, 5.41) is 7.12. The van der Waals surface area contributed by atoms with E-state index in [1.165, 1.54) is 18.2 Å². The first kappa shape index (κ1) is 29.5. The first-order valence-electron chi connectivity index (χ1n) is 9.81. The van der Waals surface area contributed by atoms with Crippen molar-refractivity contribution >= 4 is 58.0 Å². The van der Waals surface area contributed by atoms with Gasteiger partial charge in [-0.3, -0.25) is 14.3 Å². The van der Waals surface area contributed by atoms with Gasteiger partial charge in [-0.1, -0.05) is 34.8 Å². The maximum absolute atomic E-state index is 13.8. The number of hydrogen-bond donors (Lipinski definition) is 2. The van der Waals surface area contributed by atoms with Crippen LogP contribution in [0.4, 0.5) is 46.5 Å². The van der Waals surface area contributed by atoms with Gasteiger partial charge in [-0.2, -0.15) is 40.2 Å². The normalized spacial score (nSPS) is 12.4. The van der Waals surface area contributed by atoms with Crippen molar-refractivity contribution in [3.8, 4) is 0 Å². The number of hydrogen-bond acceptors (Lipinski definition) is 3. The summed E-state index contributed by atoms with van der Waals surface area (Å²) in [5.41, 5.74) is -7.36. The van der Waals surface area contributed by atoms with Gasteiger partial charge in [-0.15, -0.1) is 0 Å². The lowest BCUT2D eigenvalue weighted by Gasteiger charge is -2.19.